The number of esters is 1. The number of benzene rings is 3. The molecule has 5 atom stereocenters. The van der Waals surface area contributed by atoms with Crippen molar-refractivity contribution in [2.45, 2.75) is 30.7 Å². The highest BCUT2D eigenvalue weighted by molar-refractivity contribution is 5.88. The van der Waals surface area contributed by atoms with Crippen LogP contribution >= 0.6 is 0 Å². The van der Waals surface area contributed by atoms with Crippen LogP contribution in [0.2, 0.25) is 0 Å². The van der Waals surface area contributed by atoms with E-state index < -0.39 is 94.4 Å². The molecular formula is C30H26O15. The van der Waals surface area contributed by atoms with E-state index in [-0.39, 0.29) is 16.9 Å². The van der Waals surface area contributed by atoms with Crippen LogP contribution in [0.15, 0.2) is 63.8 Å². The van der Waals surface area contributed by atoms with E-state index in [2.05, 4.69) is 0 Å². The molecule has 0 saturated carbocycles. The molecule has 15 heteroatoms. The largest absolute Gasteiger partial charge is 0.508 e. The number of aliphatic hydroxyl groups excluding tert-OH is 3. The lowest BCUT2D eigenvalue weighted by Gasteiger charge is -2.39. The molecule has 236 valence electrons. The lowest BCUT2D eigenvalue weighted by molar-refractivity contribution is -0.278. The van der Waals surface area contributed by atoms with Gasteiger partial charge in [0.05, 0.1) is 0 Å². The Morgan fingerprint density at radius 3 is 2.24 bits per heavy atom. The van der Waals surface area contributed by atoms with Crippen LogP contribution in [0, 0.1) is 0 Å². The Bertz CT molecular complexity index is 1830. The number of hydrogen-bond acceptors (Lipinski definition) is 15. The fourth-order valence-electron chi connectivity index (χ4n) is 4.52. The Morgan fingerprint density at radius 1 is 0.822 bits per heavy atom. The summed E-state index contributed by atoms with van der Waals surface area (Å²) in [7, 11) is 0. The summed E-state index contributed by atoms with van der Waals surface area (Å²) in [4.78, 5) is 24.9. The minimum absolute atomic E-state index is 0.0339. The molecule has 1 aliphatic heterocycles. The monoisotopic (exact) mass is 626 g/mol. The molecule has 0 bridgehead atoms. The number of fused-ring (bicyclic) bond motifs is 1. The van der Waals surface area contributed by atoms with Crippen LogP contribution in [0.4, 0.5) is 0 Å². The zero-order valence-electron chi connectivity index (χ0n) is 22.8. The van der Waals surface area contributed by atoms with Crippen molar-refractivity contribution >= 4 is 23.0 Å². The van der Waals surface area contributed by atoms with E-state index in [0.717, 1.165) is 30.3 Å². The lowest BCUT2D eigenvalue weighted by atomic mass is 9.99. The van der Waals surface area contributed by atoms with Gasteiger partial charge in [-0.3, -0.25) is 4.79 Å². The molecule has 9 N–H and O–H groups in total. The first-order chi connectivity index (χ1) is 21.3. The number of rotatable bonds is 7. The molecule has 0 radical (unpaired) electrons. The first kappa shape index (κ1) is 31.0. The van der Waals surface area contributed by atoms with E-state index in [4.69, 9.17) is 18.6 Å². The maximum atomic E-state index is 12.7. The summed E-state index contributed by atoms with van der Waals surface area (Å²) in [5.41, 5.74) is -1.10. The normalized spacial score (nSPS) is 21.6. The van der Waals surface area contributed by atoms with Gasteiger partial charge in [-0.15, -0.1) is 0 Å². The van der Waals surface area contributed by atoms with Gasteiger partial charge in [0.25, 0.3) is 0 Å². The van der Waals surface area contributed by atoms with Gasteiger partial charge in [0.1, 0.15) is 59.2 Å². The quantitative estimate of drug-likeness (QED) is 0.0791. The summed E-state index contributed by atoms with van der Waals surface area (Å²) in [5, 5.41) is 91.3. The molecule has 0 amide bonds. The molecule has 1 fully saturated rings. The third kappa shape index (κ3) is 6.27. The topological polar surface area (TPSA) is 257 Å². The van der Waals surface area contributed by atoms with Crippen LogP contribution in [-0.2, 0) is 14.3 Å². The second-order valence-electron chi connectivity index (χ2n) is 9.98. The van der Waals surface area contributed by atoms with Crippen molar-refractivity contribution in [3.63, 3.8) is 0 Å². The molecule has 5 rings (SSSR count). The maximum Gasteiger partial charge on any atom is 0.330 e. The molecule has 2 heterocycles. The summed E-state index contributed by atoms with van der Waals surface area (Å²) in [5.74, 6) is -5.87. The Balaban J connectivity index is 1.37. The summed E-state index contributed by atoms with van der Waals surface area (Å²) in [6.07, 6.45) is -6.37. The third-order valence-corrected chi connectivity index (χ3v) is 6.86. The molecular weight excluding hydrogens is 600 g/mol. The highest BCUT2D eigenvalue weighted by Crippen LogP contribution is 2.43. The van der Waals surface area contributed by atoms with E-state index >= 15 is 0 Å². The molecule has 0 unspecified atom stereocenters. The Hall–Kier alpha value is -5.48. The molecule has 1 aromatic heterocycles. The van der Waals surface area contributed by atoms with Crippen molar-refractivity contribution < 1.29 is 69.4 Å². The Kier molecular flexibility index (Phi) is 8.43. The fraction of sp³-hybridized carbons (Fsp3) is 0.200. The summed E-state index contributed by atoms with van der Waals surface area (Å²) >= 11 is 0. The number of aromatic hydroxyl groups is 6. The number of carbonyl (C=O) groups excluding carboxylic acids is 1. The van der Waals surface area contributed by atoms with Crippen LogP contribution in [0.5, 0.6) is 40.2 Å². The average Bonchev–Trinajstić information content (AvgIpc) is 3.00. The van der Waals surface area contributed by atoms with E-state index in [1.807, 2.05) is 0 Å². The van der Waals surface area contributed by atoms with Crippen LogP contribution in [-0.4, -0.2) is 89.2 Å². The van der Waals surface area contributed by atoms with Gasteiger partial charge in [-0.05, 0) is 35.9 Å². The number of aliphatic hydroxyl groups is 3. The fourth-order valence-corrected chi connectivity index (χ4v) is 4.52. The van der Waals surface area contributed by atoms with Crippen molar-refractivity contribution in [1.29, 1.82) is 0 Å². The van der Waals surface area contributed by atoms with Gasteiger partial charge in [-0.25, -0.2) is 4.79 Å². The second-order valence-corrected chi connectivity index (χ2v) is 9.98. The first-order valence-corrected chi connectivity index (χ1v) is 13.1. The number of carbonyl (C=O) groups is 1. The molecule has 1 aliphatic rings. The zero-order valence-corrected chi connectivity index (χ0v) is 22.8. The maximum absolute atomic E-state index is 12.7. The highest BCUT2D eigenvalue weighted by Gasteiger charge is 2.46. The van der Waals surface area contributed by atoms with Gasteiger partial charge in [0.2, 0.25) is 23.2 Å². The molecule has 0 spiro atoms. The van der Waals surface area contributed by atoms with Crippen LogP contribution in [0.3, 0.4) is 0 Å². The van der Waals surface area contributed by atoms with Gasteiger partial charge in [0.15, 0.2) is 17.3 Å². The van der Waals surface area contributed by atoms with Gasteiger partial charge in [0, 0.05) is 23.8 Å². The average molecular weight is 627 g/mol. The second kappa shape index (κ2) is 12.3. The Labute approximate surface area is 251 Å². The van der Waals surface area contributed by atoms with Gasteiger partial charge >= 0.3 is 5.97 Å². The van der Waals surface area contributed by atoms with Crippen molar-refractivity contribution in [3.8, 4) is 51.6 Å². The molecule has 3 aromatic carbocycles. The molecule has 15 nitrogen and oxygen atoms in total. The minimum atomic E-state index is -1.93. The van der Waals surface area contributed by atoms with E-state index in [0.29, 0.717) is 5.56 Å². The zero-order chi connectivity index (χ0) is 32.6. The van der Waals surface area contributed by atoms with Crippen molar-refractivity contribution in [3.05, 3.63) is 70.4 Å². The molecule has 1 saturated heterocycles. The van der Waals surface area contributed by atoms with E-state index in [9.17, 15) is 55.5 Å². The van der Waals surface area contributed by atoms with E-state index in [1.54, 1.807) is 12.1 Å². The smallest absolute Gasteiger partial charge is 0.330 e. The summed E-state index contributed by atoms with van der Waals surface area (Å²) < 4.78 is 21.6. The molecule has 45 heavy (non-hydrogen) atoms. The van der Waals surface area contributed by atoms with Crippen LogP contribution in [0.1, 0.15) is 5.56 Å². The first-order valence-electron chi connectivity index (χ1n) is 13.1. The van der Waals surface area contributed by atoms with Gasteiger partial charge < -0.3 is 64.6 Å². The van der Waals surface area contributed by atoms with Crippen molar-refractivity contribution in [2.75, 3.05) is 6.61 Å². The molecule has 0 aliphatic carbocycles. The summed E-state index contributed by atoms with van der Waals surface area (Å²) in [6, 6.07) is 9.62. The van der Waals surface area contributed by atoms with Crippen LogP contribution < -0.4 is 10.2 Å². The van der Waals surface area contributed by atoms with Crippen molar-refractivity contribution in [1.82, 2.24) is 0 Å². The standard InChI is InChI=1S/C30H26O15/c31-14-4-1-12(2-5-14)3-6-21(35)42-11-20-24(37)26(39)28(41)30(45-20)44-19-8-13(7-17(34)23(19)36)29-27(40)25(38)22-16(33)9-15(32)10-18(22)43-29/h1-10,20,24,26,28,30-34,36-37,39-41H,11H2/t20-,24-,26-,28+,30+/m1/s1. The lowest BCUT2D eigenvalue weighted by Crippen LogP contribution is -2.60. The minimum Gasteiger partial charge on any atom is -0.508 e. The predicted molar refractivity (Wildman–Crippen MR) is 152 cm³/mol. The van der Waals surface area contributed by atoms with Gasteiger partial charge in [-0.1, -0.05) is 12.1 Å². The number of phenols is 5. The third-order valence-electron chi connectivity index (χ3n) is 6.86. The Morgan fingerprint density at radius 2 is 1.53 bits per heavy atom. The summed E-state index contributed by atoms with van der Waals surface area (Å²) in [6.45, 7) is -0.614. The SMILES string of the molecule is O=C(C=Cc1ccc(O)cc1)OC[C@H]1O[C@H](Oc2cc(-c3oc4cc(O)cc(O)c4c(=O)c3O)cc(O)c2O)[C@@H](O)[C@H](O)[C@@H]1O. The highest BCUT2D eigenvalue weighted by atomic mass is 16.7. The van der Waals surface area contributed by atoms with E-state index in [1.165, 1.54) is 18.2 Å². The number of ether oxygens (including phenoxy) is 3. The predicted octanol–water partition coefficient (Wildman–Crippen LogP) is 1.14. The van der Waals surface area contributed by atoms with Gasteiger partial charge in [-0.2, -0.15) is 0 Å². The number of phenolic OH excluding ortho intramolecular Hbond substituents is 5. The van der Waals surface area contributed by atoms with Crippen LogP contribution in [0.25, 0.3) is 28.4 Å². The number of hydrogen-bond donors (Lipinski definition) is 9. The molecule has 4 aromatic rings. The van der Waals surface area contributed by atoms with Crippen molar-refractivity contribution in [2.24, 2.45) is 0 Å².